The Bertz CT molecular complexity index is 396. The molecule has 6 heteroatoms. The molecule has 0 unspecified atom stereocenters. The summed E-state index contributed by atoms with van der Waals surface area (Å²) in [6.07, 6.45) is 1.02. The number of nitrogens with zero attached hydrogens (tertiary/aromatic N) is 2. The number of carbonyl (C=O) groups excluding carboxylic acids is 1. The molecular weight excluding hydrogens is 218 g/mol. The van der Waals surface area contributed by atoms with Crippen LogP contribution in [0.5, 0.6) is 5.88 Å². The maximum atomic E-state index is 12.6. The van der Waals surface area contributed by atoms with Gasteiger partial charge in [-0.05, 0) is 6.92 Å². The zero-order chi connectivity index (χ0) is 11.8. The highest BCUT2D eigenvalue weighted by Crippen LogP contribution is 2.39. The standard InChI is InChI=1S/C10H12F2N2O2/c1-2-14-5-7(6-15)9(13-14)16-8-3-10(11,12)4-8/h5-6,8H,2-4H2,1H3. The smallest absolute Gasteiger partial charge is 0.255 e. The van der Waals surface area contributed by atoms with Crippen molar-refractivity contribution in [2.45, 2.75) is 38.3 Å². The number of hydrogen-bond donors (Lipinski definition) is 0. The molecule has 2 rings (SSSR count). The van der Waals surface area contributed by atoms with E-state index in [4.69, 9.17) is 4.74 Å². The fourth-order valence-electron chi connectivity index (χ4n) is 1.60. The van der Waals surface area contributed by atoms with E-state index in [0.717, 1.165) is 0 Å². The molecule has 16 heavy (non-hydrogen) atoms. The third kappa shape index (κ3) is 2.05. The number of halogens is 2. The third-order valence-electron chi connectivity index (χ3n) is 2.54. The van der Waals surface area contributed by atoms with E-state index < -0.39 is 12.0 Å². The van der Waals surface area contributed by atoms with Gasteiger partial charge >= 0.3 is 0 Å². The molecule has 0 N–H and O–H groups in total. The minimum Gasteiger partial charge on any atom is -0.472 e. The van der Waals surface area contributed by atoms with Crippen molar-refractivity contribution < 1.29 is 18.3 Å². The molecule has 0 amide bonds. The van der Waals surface area contributed by atoms with Gasteiger partial charge in [0.25, 0.3) is 5.92 Å². The molecule has 1 aliphatic carbocycles. The number of aryl methyl sites for hydroxylation is 1. The van der Waals surface area contributed by atoms with E-state index >= 15 is 0 Å². The number of ether oxygens (including phenoxy) is 1. The first-order valence-corrected chi connectivity index (χ1v) is 5.11. The predicted molar refractivity (Wildman–Crippen MR) is 51.9 cm³/mol. The van der Waals surface area contributed by atoms with Crippen molar-refractivity contribution in [2.24, 2.45) is 0 Å². The van der Waals surface area contributed by atoms with Gasteiger partial charge in [-0.3, -0.25) is 9.48 Å². The van der Waals surface area contributed by atoms with Gasteiger partial charge < -0.3 is 4.74 Å². The van der Waals surface area contributed by atoms with Crippen molar-refractivity contribution in [3.05, 3.63) is 11.8 Å². The summed E-state index contributed by atoms with van der Waals surface area (Å²) in [6, 6.07) is 0. The molecular formula is C10H12F2N2O2. The van der Waals surface area contributed by atoms with E-state index in [-0.39, 0.29) is 18.7 Å². The first-order valence-electron chi connectivity index (χ1n) is 5.11. The van der Waals surface area contributed by atoms with E-state index in [1.165, 1.54) is 4.68 Å². The molecule has 0 radical (unpaired) electrons. The van der Waals surface area contributed by atoms with Gasteiger partial charge in [-0.1, -0.05) is 0 Å². The molecule has 0 bridgehead atoms. The SMILES string of the molecule is CCn1cc(C=O)c(OC2CC(F)(F)C2)n1. The minimum atomic E-state index is -2.63. The van der Waals surface area contributed by atoms with Crippen LogP contribution in [-0.2, 0) is 6.54 Å². The Hall–Kier alpha value is -1.46. The first kappa shape index (κ1) is 11.0. The van der Waals surface area contributed by atoms with Crippen molar-refractivity contribution in [3.8, 4) is 5.88 Å². The van der Waals surface area contributed by atoms with Crippen LogP contribution in [0.25, 0.3) is 0 Å². The Morgan fingerprint density at radius 1 is 1.69 bits per heavy atom. The van der Waals surface area contributed by atoms with Crippen LogP contribution in [0, 0.1) is 0 Å². The van der Waals surface area contributed by atoms with Gasteiger partial charge in [0.1, 0.15) is 6.10 Å². The van der Waals surface area contributed by atoms with Crippen LogP contribution in [0.3, 0.4) is 0 Å². The first-order chi connectivity index (χ1) is 7.54. The van der Waals surface area contributed by atoms with Crippen LogP contribution >= 0.6 is 0 Å². The lowest BCUT2D eigenvalue weighted by atomic mass is 9.91. The molecule has 1 saturated carbocycles. The summed E-state index contributed by atoms with van der Waals surface area (Å²) >= 11 is 0. The second-order valence-corrected chi connectivity index (χ2v) is 3.87. The number of aromatic nitrogens is 2. The highest BCUT2D eigenvalue weighted by atomic mass is 19.3. The summed E-state index contributed by atoms with van der Waals surface area (Å²) in [5, 5.41) is 3.99. The van der Waals surface area contributed by atoms with Gasteiger partial charge in [0.2, 0.25) is 5.88 Å². The molecule has 0 saturated heterocycles. The van der Waals surface area contributed by atoms with E-state index in [2.05, 4.69) is 5.10 Å². The molecule has 88 valence electrons. The highest BCUT2D eigenvalue weighted by Gasteiger charge is 2.47. The zero-order valence-corrected chi connectivity index (χ0v) is 8.82. The Labute approximate surface area is 91.2 Å². The summed E-state index contributed by atoms with van der Waals surface area (Å²) in [5.74, 6) is -2.48. The van der Waals surface area contributed by atoms with Gasteiger partial charge in [0, 0.05) is 25.6 Å². The summed E-state index contributed by atoms with van der Waals surface area (Å²) < 4.78 is 31.9. The van der Waals surface area contributed by atoms with E-state index in [1.807, 2.05) is 6.92 Å². The molecule has 0 aromatic carbocycles. The Morgan fingerprint density at radius 3 is 2.88 bits per heavy atom. The summed E-state index contributed by atoms with van der Waals surface area (Å²) in [7, 11) is 0. The Morgan fingerprint density at radius 2 is 2.38 bits per heavy atom. The third-order valence-corrected chi connectivity index (χ3v) is 2.54. The fourth-order valence-corrected chi connectivity index (χ4v) is 1.60. The van der Waals surface area contributed by atoms with Crippen LogP contribution in [0.4, 0.5) is 8.78 Å². The van der Waals surface area contributed by atoms with Crippen LogP contribution in [-0.4, -0.2) is 28.1 Å². The average Bonchev–Trinajstić information content (AvgIpc) is 2.57. The van der Waals surface area contributed by atoms with Crippen LogP contribution < -0.4 is 4.74 Å². The largest absolute Gasteiger partial charge is 0.472 e. The molecule has 1 aliphatic rings. The number of rotatable bonds is 4. The Balaban J connectivity index is 2.04. The van der Waals surface area contributed by atoms with Gasteiger partial charge in [-0.2, -0.15) is 0 Å². The molecule has 0 spiro atoms. The minimum absolute atomic E-state index is 0.150. The summed E-state index contributed by atoms with van der Waals surface area (Å²) in [4.78, 5) is 10.7. The normalized spacial score (nSPS) is 19.2. The number of hydrogen-bond acceptors (Lipinski definition) is 3. The van der Waals surface area contributed by atoms with E-state index in [0.29, 0.717) is 18.4 Å². The monoisotopic (exact) mass is 230 g/mol. The van der Waals surface area contributed by atoms with Crippen molar-refractivity contribution in [1.82, 2.24) is 9.78 Å². The molecule has 1 heterocycles. The maximum Gasteiger partial charge on any atom is 0.255 e. The average molecular weight is 230 g/mol. The lowest BCUT2D eigenvalue weighted by Crippen LogP contribution is -2.43. The second-order valence-electron chi connectivity index (χ2n) is 3.87. The van der Waals surface area contributed by atoms with Crippen molar-refractivity contribution >= 4 is 6.29 Å². The maximum absolute atomic E-state index is 12.6. The van der Waals surface area contributed by atoms with Crippen molar-refractivity contribution in [2.75, 3.05) is 0 Å². The lowest BCUT2D eigenvalue weighted by Gasteiger charge is -2.34. The Kier molecular flexibility index (Phi) is 2.65. The molecule has 0 aliphatic heterocycles. The van der Waals surface area contributed by atoms with Crippen molar-refractivity contribution in [3.63, 3.8) is 0 Å². The highest BCUT2D eigenvalue weighted by molar-refractivity contribution is 5.77. The van der Waals surface area contributed by atoms with Crippen LogP contribution in [0.1, 0.15) is 30.1 Å². The van der Waals surface area contributed by atoms with Gasteiger partial charge in [-0.15, -0.1) is 5.10 Å². The fraction of sp³-hybridized carbons (Fsp3) is 0.600. The molecule has 1 aromatic rings. The molecule has 1 fully saturated rings. The van der Waals surface area contributed by atoms with Gasteiger partial charge in [0.15, 0.2) is 6.29 Å². The second kappa shape index (κ2) is 3.84. The molecule has 1 aromatic heterocycles. The predicted octanol–water partition coefficient (Wildman–Crippen LogP) is 1.89. The topological polar surface area (TPSA) is 44.1 Å². The summed E-state index contributed by atoms with van der Waals surface area (Å²) in [5.41, 5.74) is 0.303. The summed E-state index contributed by atoms with van der Waals surface area (Å²) in [6.45, 7) is 2.47. The zero-order valence-electron chi connectivity index (χ0n) is 8.82. The van der Waals surface area contributed by atoms with E-state index in [9.17, 15) is 13.6 Å². The molecule has 4 nitrogen and oxygen atoms in total. The number of carbonyl (C=O) groups is 1. The van der Waals surface area contributed by atoms with Gasteiger partial charge in [-0.25, -0.2) is 8.78 Å². The quantitative estimate of drug-likeness (QED) is 0.742. The van der Waals surface area contributed by atoms with Gasteiger partial charge in [0.05, 0.1) is 5.56 Å². The number of alkyl halides is 2. The van der Waals surface area contributed by atoms with Crippen LogP contribution in [0.2, 0.25) is 0 Å². The lowest BCUT2D eigenvalue weighted by molar-refractivity contribution is -0.135. The van der Waals surface area contributed by atoms with Crippen molar-refractivity contribution in [1.29, 1.82) is 0 Å². The molecule has 0 atom stereocenters. The number of aldehydes is 1. The van der Waals surface area contributed by atoms with E-state index in [1.54, 1.807) is 6.20 Å². The van der Waals surface area contributed by atoms with Crippen LogP contribution in [0.15, 0.2) is 6.20 Å².